The fourth-order valence-electron chi connectivity index (χ4n) is 5.78. The number of carbonyl (C=O) groups excluding carboxylic acids is 3. The number of hydrogen-bond acceptors (Lipinski definition) is 7. The third-order valence-corrected chi connectivity index (χ3v) is 10.4. The summed E-state index contributed by atoms with van der Waals surface area (Å²) in [6.45, 7) is 7.45. The quantitative estimate of drug-likeness (QED) is 0.279. The molecule has 3 saturated heterocycles. The molecule has 3 heterocycles. The van der Waals surface area contributed by atoms with Crippen LogP contribution >= 0.6 is 27.7 Å². The van der Waals surface area contributed by atoms with Crippen molar-refractivity contribution in [2.45, 2.75) is 47.2 Å². The largest absolute Gasteiger partial charge is 0.497 e. The summed E-state index contributed by atoms with van der Waals surface area (Å²) >= 11 is 5.27. The fourth-order valence-corrected chi connectivity index (χ4v) is 9.36. The van der Waals surface area contributed by atoms with Gasteiger partial charge in [0, 0.05) is 22.3 Å². The summed E-state index contributed by atoms with van der Waals surface area (Å²) in [4.78, 5) is 44.3. The van der Waals surface area contributed by atoms with Crippen molar-refractivity contribution < 1.29 is 29.0 Å². The zero-order chi connectivity index (χ0) is 25.5. The van der Waals surface area contributed by atoms with Gasteiger partial charge in [0.25, 0.3) is 5.91 Å². The fraction of sp³-hybridized carbons (Fsp3) is 0.560. The van der Waals surface area contributed by atoms with E-state index >= 15 is 0 Å². The average Bonchev–Trinajstić information content (AvgIpc) is 3.45. The first kappa shape index (κ1) is 26.0. The first-order chi connectivity index (χ1) is 16.7. The van der Waals surface area contributed by atoms with Crippen LogP contribution in [0.4, 0.5) is 5.69 Å². The number of halogens is 1. The number of aliphatic hydroxyl groups is 1. The number of nitrogens with zero attached hydrogens (tertiary/aromatic N) is 2. The lowest BCUT2D eigenvalue weighted by Crippen LogP contribution is -2.57. The number of methoxy groups -OCH3 is 1. The molecule has 0 saturated carbocycles. The normalized spacial score (nSPS) is 31.7. The van der Waals surface area contributed by atoms with Crippen molar-refractivity contribution in [2.75, 3.05) is 31.8 Å². The summed E-state index contributed by atoms with van der Waals surface area (Å²) in [5.74, 6) is -1.61. The van der Waals surface area contributed by atoms with Crippen LogP contribution in [0.15, 0.2) is 36.9 Å². The molecule has 10 heteroatoms. The molecule has 3 aliphatic heterocycles. The number of fused-ring (bicyclic) bond motifs is 1. The Bertz CT molecular complexity index is 1010. The van der Waals surface area contributed by atoms with Crippen LogP contribution in [0.2, 0.25) is 0 Å². The third kappa shape index (κ3) is 4.07. The maximum absolute atomic E-state index is 14.3. The molecule has 1 aromatic carbocycles. The molecule has 35 heavy (non-hydrogen) atoms. The number of benzene rings is 1. The summed E-state index contributed by atoms with van der Waals surface area (Å²) in [6.07, 6.45) is 2.20. The van der Waals surface area contributed by atoms with E-state index in [1.54, 1.807) is 68.0 Å². The highest BCUT2D eigenvalue weighted by Gasteiger charge is 2.76. The van der Waals surface area contributed by atoms with Crippen LogP contribution in [-0.4, -0.2) is 81.6 Å². The first-order valence-corrected chi connectivity index (χ1v) is 13.5. The molecule has 0 aliphatic carbocycles. The van der Waals surface area contributed by atoms with Crippen molar-refractivity contribution in [3.05, 3.63) is 36.9 Å². The Morgan fingerprint density at radius 1 is 1.40 bits per heavy atom. The molecule has 2 bridgehead atoms. The van der Waals surface area contributed by atoms with Gasteiger partial charge >= 0.3 is 5.97 Å². The van der Waals surface area contributed by atoms with Crippen molar-refractivity contribution >= 4 is 51.2 Å². The second-order valence-electron chi connectivity index (χ2n) is 9.13. The lowest BCUT2D eigenvalue weighted by Gasteiger charge is -2.39. The number of esters is 1. The smallest absolute Gasteiger partial charge is 0.310 e. The Kier molecular flexibility index (Phi) is 7.54. The van der Waals surface area contributed by atoms with Crippen molar-refractivity contribution in [3.63, 3.8) is 0 Å². The number of likely N-dealkylation sites (tertiary alicyclic amines) is 1. The number of rotatable bonds is 9. The summed E-state index contributed by atoms with van der Waals surface area (Å²) in [5.41, 5.74) is 0.648. The van der Waals surface area contributed by atoms with Gasteiger partial charge in [-0.25, -0.2) is 0 Å². The number of ether oxygens (including phenoxy) is 2. The average molecular weight is 568 g/mol. The molecule has 0 radical (unpaired) electrons. The highest BCUT2D eigenvalue weighted by atomic mass is 79.9. The molecule has 8 nitrogen and oxygen atoms in total. The standard InChI is InChI=1S/C25H31BrN2O6S/c1-5-11-27(15-7-9-16(33-4)10-8-15)23(31)21-25-12-17(26)20(35-25)18(24(32)34-6-2)19(25)22(30)28(21)14(3)13-29/h5,7-10,14,17-21,29H,1,6,11-13H2,2-4H3/t14-,17?,18+,19+,20+,21?,25?/m1/s1. The van der Waals surface area contributed by atoms with Crippen LogP contribution in [-0.2, 0) is 19.1 Å². The molecule has 3 fully saturated rings. The van der Waals surface area contributed by atoms with Crippen LogP contribution in [0.1, 0.15) is 20.3 Å². The maximum atomic E-state index is 14.3. The van der Waals surface area contributed by atoms with Crippen molar-refractivity contribution in [3.8, 4) is 5.75 Å². The Morgan fingerprint density at radius 2 is 2.09 bits per heavy atom. The number of anilines is 1. The highest BCUT2D eigenvalue weighted by Crippen LogP contribution is 2.68. The molecule has 7 atom stereocenters. The zero-order valence-corrected chi connectivity index (χ0v) is 22.5. The molecule has 1 spiro atoms. The number of aliphatic hydroxyl groups excluding tert-OH is 1. The van der Waals surface area contributed by atoms with Gasteiger partial charge in [-0.3, -0.25) is 14.4 Å². The monoisotopic (exact) mass is 566 g/mol. The van der Waals surface area contributed by atoms with Gasteiger partial charge in [0.05, 0.1) is 42.9 Å². The molecule has 1 N–H and O–H groups in total. The summed E-state index contributed by atoms with van der Waals surface area (Å²) in [5, 5.41) is 9.85. The predicted molar refractivity (Wildman–Crippen MR) is 138 cm³/mol. The third-order valence-electron chi connectivity index (χ3n) is 7.22. The van der Waals surface area contributed by atoms with E-state index in [0.29, 0.717) is 17.9 Å². The lowest BCUT2D eigenvalue weighted by atomic mass is 9.71. The molecule has 3 unspecified atom stereocenters. The van der Waals surface area contributed by atoms with Crippen LogP contribution in [0.25, 0.3) is 0 Å². The van der Waals surface area contributed by atoms with E-state index in [9.17, 15) is 19.5 Å². The second kappa shape index (κ2) is 10.1. The van der Waals surface area contributed by atoms with E-state index in [2.05, 4.69) is 22.5 Å². The summed E-state index contributed by atoms with van der Waals surface area (Å²) in [7, 11) is 1.57. The molecule has 190 valence electrons. The van der Waals surface area contributed by atoms with E-state index in [-0.39, 0.29) is 41.6 Å². The Balaban J connectivity index is 1.80. The zero-order valence-electron chi connectivity index (χ0n) is 20.1. The van der Waals surface area contributed by atoms with Crippen LogP contribution in [0, 0.1) is 11.8 Å². The van der Waals surface area contributed by atoms with Gasteiger partial charge in [0.15, 0.2) is 0 Å². The van der Waals surface area contributed by atoms with Gasteiger partial charge in [0.2, 0.25) is 5.91 Å². The molecular weight excluding hydrogens is 536 g/mol. The molecule has 2 amide bonds. The van der Waals surface area contributed by atoms with Crippen molar-refractivity contribution in [1.29, 1.82) is 0 Å². The van der Waals surface area contributed by atoms with Gasteiger partial charge in [-0.05, 0) is 44.5 Å². The number of hydrogen-bond donors (Lipinski definition) is 1. The van der Waals surface area contributed by atoms with E-state index in [4.69, 9.17) is 9.47 Å². The van der Waals surface area contributed by atoms with Crippen LogP contribution < -0.4 is 9.64 Å². The van der Waals surface area contributed by atoms with Gasteiger partial charge in [-0.2, -0.15) is 0 Å². The first-order valence-electron chi connectivity index (χ1n) is 11.7. The summed E-state index contributed by atoms with van der Waals surface area (Å²) in [6, 6.07) is 5.69. The van der Waals surface area contributed by atoms with Gasteiger partial charge in [-0.1, -0.05) is 22.0 Å². The number of carbonyl (C=O) groups is 3. The van der Waals surface area contributed by atoms with Gasteiger partial charge in [-0.15, -0.1) is 18.3 Å². The summed E-state index contributed by atoms with van der Waals surface area (Å²) < 4.78 is 9.81. The molecular formula is C25H31BrN2O6S. The number of thioether (sulfide) groups is 1. The molecule has 0 aromatic heterocycles. The minimum Gasteiger partial charge on any atom is -0.497 e. The van der Waals surface area contributed by atoms with Gasteiger partial charge in [0.1, 0.15) is 11.8 Å². The van der Waals surface area contributed by atoms with E-state index in [1.807, 2.05) is 0 Å². The Hall–Kier alpha value is -2.04. The van der Waals surface area contributed by atoms with E-state index in [1.165, 1.54) is 4.90 Å². The number of amides is 2. The lowest BCUT2D eigenvalue weighted by molar-refractivity contribution is -0.154. The maximum Gasteiger partial charge on any atom is 0.310 e. The Morgan fingerprint density at radius 3 is 2.66 bits per heavy atom. The van der Waals surface area contributed by atoms with Crippen molar-refractivity contribution in [2.24, 2.45) is 11.8 Å². The van der Waals surface area contributed by atoms with Crippen LogP contribution in [0.3, 0.4) is 0 Å². The molecule has 1 aromatic rings. The molecule has 3 aliphatic rings. The predicted octanol–water partition coefficient (Wildman–Crippen LogP) is 2.62. The molecule has 4 rings (SSSR count). The number of alkyl halides is 1. The minimum absolute atomic E-state index is 0.0421. The van der Waals surface area contributed by atoms with E-state index < -0.39 is 34.6 Å². The Labute approximate surface area is 218 Å². The highest BCUT2D eigenvalue weighted by molar-refractivity contribution is 9.09. The van der Waals surface area contributed by atoms with Crippen LogP contribution in [0.5, 0.6) is 5.75 Å². The minimum atomic E-state index is -0.848. The topological polar surface area (TPSA) is 96.4 Å². The van der Waals surface area contributed by atoms with Gasteiger partial charge < -0.3 is 24.4 Å². The SMILES string of the molecule is C=CCN(C(=O)C1N([C@H](C)CO)C(=O)[C@@H]2[C@H](C(=O)OCC)[C@H]3SC12CC3Br)c1ccc(OC)cc1. The van der Waals surface area contributed by atoms with Crippen molar-refractivity contribution in [1.82, 2.24) is 4.90 Å². The van der Waals surface area contributed by atoms with E-state index in [0.717, 1.165) is 0 Å². The second-order valence-corrected chi connectivity index (χ2v) is 11.8.